The Hall–Kier alpha value is -2.18. The summed E-state index contributed by atoms with van der Waals surface area (Å²) in [5.41, 5.74) is 2.15. The highest BCUT2D eigenvalue weighted by molar-refractivity contribution is 7.22. The number of hydrogen-bond acceptors (Lipinski definition) is 4. The minimum atomic E-state index is -0.824. The highest BCUT2D eigenvalue weighted by Gasteiger charge is 2.14. The average Bonchev–Trinajstić information content (AvgIpc) is 3.10. The quantitative estimate of drug-likeness (QED) is 0.499. The first-order valence-corrected chi connectivity index (χ1v) is 9.77. The fraction of sp³-hybridized carbons (Fsp3) is 0.100. The largest absolute Gasteiger partial charge is 0.387 e. The van der Waals surface area contributed by atoms with E-state index in [0.29, 0.717) is 25.8 Å². The fourth-order valence-corrected chi connectivity index (χ4v) is 4.13. The molecular weight excluding hydrogens is 403 g/mol. The topological polar surface area (TPSA) is 55.1 Å². The predicted molar refractivity (Wildman–Crippen MR) is 111 cm³/mol. The summed E-state index contributed by atoms with van der Waals surface area (Å²) < 4.78 is 2.00. The smallest absolute Gasteiger partial charge is 0.271 e. The molecule has 0 aliphatic rings. The standard InChI is InChI=1S/C20H14Cl2N2O2S/c21-14-5-1-12(2-6-14)17(25)10-24-11-23-16-9-18(27-19(16)20(24)26)13-3-7-15(22)8-4-13/h1-9,11,17,25H,10H2. The van der Waals surface area contributed by atoms with Crippen molar-refractivity contribution < 1.29 is 5.11 Å². The first-order valence-electron chi connectivity index (χ1n) is 8.20. The lowest BCUT2D eigenvalue weighted by Crippen LogP contribution is -2.23. The molecule has 2 heterocycles. The number of aromatic nitrogens is 2. The van der Waals surface area contributed by atoms with Gasteiger partial charge < -0.3 is 5.11 Å². The van der Waals surface area contributed by atoms with Crippen molar-refractivity contribution in [3.63, 3.8) is 0 Å². The predicted octanol–water partition coefficient (Wildman–Crippen LogP) is 5.17. The van der Waals surface area contributed by atoms with Gasteiger partial charge in [0.15, 0.2) is 0 Å². The van der Waals surface area contributed by atoms with Gasteiger partial charge in [-0.3, -0.25) is 9.36 Å². The molecule has 2 aromatic heterocycles. The maximum Gasteiger partial charge on any atom is 0.271 e. The van der Waals surface area contributed by atoms with Crippen molar-refractivity contribution >= 4 is 44.8 Å². The zero-order chi connectivity index (χ0) is 19.0. The second kappa shape index (κ2) is 7.44. The number of aliphatic hydroxyl groups is 1. The number of thiophene rings is 1. The van der Waals surface area contributed by atoms with Gasteiger partial charge in [-0.15, -0.1) is 11.3 Å². The zero-order valence-corrected chi connectivity index (χ0v) is 16.3. The molecule has 0 aliphatic carbocycles. The lowest BCUT2D eigenvalue weighted by atomic mass is 10.1. The summed E-state index contributed by atoms with van der Waals surface area (Å²) in [5.74, 6) is 0. The minimum absolute atomic E-state index is 0.123. The van der Waals surface area contributed by atoms with Gasteiger partial charge >= 0.3 is 0 Å². The Bertz CT molecular complexity index is 1150. The van der Waals surface area contributed by atoms with Crippen LogP contribution in [-0.2, 0) is 6.54 Å². The molecule has 0 fully saturated rings. The molecule has 1 unspecified atom stereocenters. The summed E-state index contributed by atoms with van der Waals surface area (Å²) in [6.07, 6.45) is 0.650. The van der Waals surface area contributed by atoms with Crippen LogP contribution in [0.2, 0.25) is 10.0 Å². The lowest BCUT2D eigenvalue weighted by molar-refractivity contribution is 0.155. The Labute approximate surface area is 169 Å². The third-order valence-corrected chi connectivity index (χ3v) is 5.92. The first kappa shape index (κ1) is 18.2. The van der Waals surface area contributed by atoms with E-state index in [4.69, 9.17) is 23.2 Å². The van der Waals surface area contributed by atoms with E-state index in [2.05, 4.69) is 4.98 Å². The lowest BCUT2D eigenvalue weighted by Gasteiger charge is -2.12. The van der Waals surface area contributed by atoms with Gasteiger partial charge in [0.1, 0.15) is 4.70 Å². The molecule has 0 amide bonds. The Morgan fingerprint density at radius 2 is 1.67 bits per heavy atom. The van der Waals surface area contributed by atoms with E-state index >= 15 is 0 Å². The molecule has 0 aliphatic heterocycles. The molecule has 4 rings (SSSR count). The summed E-state index contributed by atoms with van der Waals surface area (Å²) in [5, 5.41) is 11.7. The van der Waals surface area contributed by atoms with Gasteiger partial charge in [-0.1, -0.05) is 47.5 Å². The molecule has 1 N–H and O–H groups in total. The van der Waals surface area contributed by atoms with Crippen molar-refractivity contribution in [1.29, 1.82) is 0 Å². The molecule has 27 heavy (non-hydrogen) atoms. The zero-order valence-electron chi connectivity index (χ0n) is 14.0. The number of hydrogen-bond donors (Lipinski definition) is 1. The third kappa shape index (κ3) is 3.77. The van der Waals surface area contributed by atoms with Crippen LogP contribution in [0.5, 0.6) is 0 Å². The van der Waals surface area contributed by atoms with Gasteiger partial charge in [0.05, 0.1) is 24.5 Å². The second-order valence-corrected chi connectivity index (χ2v) is 8.03. The average molecular weight is 417 g/mol. The number of benzene rings is 2. The van der Waals surface area contributed by atoms with Crippen LogP contribution < -0.4 is 5.56 Å². The van der Waals surface area contributed by atoms with E-state index in [1.807, 2.05) is 30.3 Å². The molecule has 0 saturated heterocycles. The molecule has 4 aromatic rings. The second-order valence-electron chi connectivity index (χ2n) is 6.10. The van der Waals surface area contributed by atoms with Crippen molar-refractivity contribution in [2.45, 2.75) is 12.6 Å². The van der Waals surface area contributed by atoms with Crippen LogP contribution in [0.1, 0.15) is 11.7 Å². The van der Waals surface area contributed by atoms with Crippen molar-refractivity contribution in [3.05, 3.63) is 86.9 Å². The molecular formula is C20H14Cl2N2O2S. The molecule has 136 valence electrons. The maximum atomic E-state index is 12.8. The molecule has 7 heteroatoms. The summed E-state index contributed by atoms with van der Waals surface area (Å²) in [6, 6.07) is 16.3. The molecule has 0 radical (unpaired) electrons. The van der Waals surface area contributed by atoms with E-state index < -0.39 is 6.10 Å². The van der Waals surface area contributed by atoms with Gasteiger partial charge in [-0.25, -0.2) is 4.98 Å². The number of halogens is 2. The number of nitrogens with zero attached hydrogens (tertiary/aromatic N) is 2. The fourth-order valence-electron chi connectivity index (χ4n) is 2.81. The van der Waals surface area contributed by atoms with Crippen molar-refractivity contribution in [2.75, 3.05) is 0 Å². The van der Waals surface area contributed by atoms with Crippen LogP contribution in [-0.4, -0.2) is 14.7 Å². The Balaban J connectivity index is 1.66. The van der Waals surface area contributed by atoms with Gasteiger partial charge in [-0.2, -0.15) is 0 Å². The first-order chi connectivity index (χ1) is 13.0. The van der Waals surface area contributed by atoms with Crippen molar-refractivity contribution in [3.8, 4) is 10.4 Å². The molecule has 0 bridgehead atoms. The Morgan fingerprint density at radius 1 is 1.04 bits per heavy atom. The van der Waals surface area contributed by atoms with Crippen LogP contribution in [0.3, 0.4) is 0 Å². The number of aliphatic hydroxyl groups excluding tert-OH is 1. The van der Waals surface area contributed by atoms with E-state index in [-0.39, 0.29) is 12.1 Å². The molecule has 0 saturated carbocycles. The van der Waals surface area contributed by atoms with Crippen molar-refractivity contribution in [1.82, 2.24) is 9.55 Å². The Kier molecular flexibility index (Phi) is 5.02. The Morgan fingerprint density at radius 3 is 2.33 bits per heavy atom. The SMILES string of the molecule is O=c1c2sc(-c3ccc(Cl)cc3)cc2ncn1CC(O)c1ccc(Cl)cc1. The molecule has 2 aromatic carbocycles. The van der Waals surface area contributed by atoms with Crippen LogP contribution in [0.4, 0.5) is 0 Å². The van der Waals surface area contributed by atoms with Crippen LogP contribution in [0, 0.1) is 0 Å². The third-order valence-electron chi connectivity index (χ3n) is 4.26. The number of fused-ring (bicyclic) bond motifs is 1. The summed E-state index contributed by atoms with van der Waals surface area (Å²) in [6.45, 7) is 0.123. The molecule has 1 atom stereocenters. The molecule has 4 nitrogen and oxygen atoms in total. The van der Waals surface area contributed by atoms with Crippen LogP contribution in [0.25, 0.3) is 20.7 Å². The van der Waals surface area contributed by atoms with Gasteiger partial charge in [0.2, 0.25) is 0 Å². The number of rotatable bonds is 4. The van der Waals surface area contributed by atoms with E-state index in [1.165, 1.54) is 22.2 Å². The summed E-state index contributed by atoms with van der Waals surface area (Å²) in [7, 11) is 0. The van der Waals surface area contributed by atoms with Crippen molar-refractivity contribution in [2.24, 2.45) is 0 Å². The molecule has 0 spiro atoms. The van der Waals surface area contributed by atoms with Crippen LogP contribution >= 0.6 is 34.5 Å². The van der Waals surface area contributed by atoms with E-state index in [9.17, 15) is 9.90 Å². The monoisotopic (exact) mass is 416 g/mol. The van der Waals surface area contributed by atoms with E-state index in [1.54, 1.807) is 24.3 Å². The van der Waals surface area contributed by atoms with Gasteiger partial charge in [-0.05, 0) is 41.5 Å². The summed E-state index contributed by atoms with van der Waals surface area (Å²) in [4.78, 5) is 18.2. The minimum Gasteiger partial charge on any atom is -0.387 e. The van der Waals surface area contributed by atoms with E-state index in [0.717, 1.165) is 10.4 Å². The van der Waals surface area contributed by atoms with Gasteiger partial charge in [0, 0.05) is 14.9 Å². The van der Waals surface area contributed by atoms with Crippen LogP contribution in [0.15, 0.2) is 65.7 Å². The van der Waals surface area contributed by atoms with Gasteiger partial charge in [0.25, 0.3) is 5.56 Å². The highest BCUT2D eigenvalue weighted by atomic mass is 35.5. The summed E-state index contributed by atoms with van der Waals surface area (Å²) >= 11 is 13.2. The highest BCUT2D eigenvalue weighted by Crippen LogP contribution is 2.31. The maximum absolute atomic E-state index is 12.8. The normalized spacial score (nSPS) is 12.4.